The van der Waals surface area contributed by atoms with E-state index in [0.717, 1.165) is 0 Å². The minimum atomic E-state index is -1.11. The van der Waals surface area contributed by atoms with Crippen molar-refractivity contribution in [1.82, 2.24) is 0 Å². The van der Waals surface area contributed by atoms with E-state index in [1.807, 2.05) is 7.76 Å². The Hall–Kier alpha value is 0.688. The predicted octanol–water partition coefficient (Wildman–Crippen LogP) is 3.45. The van der Waals surface area contributed by atoms with E-state index in [-0.39, 0.29) is 44.0 Å². The van der Waals surface area contributed by atoms with Gasteiger partial charge in [-0.25, -0.2) is 0 Å². The quantitative estimate of drug-likeness (QED) is 0.323. The molecule has 0 aromatic rings. The molecule has 0 unspecified atom stereocenters. The monoisotopic (exact) mass is 556 g/mol. The molecule has 0 N–H and O–H groups in total. The minimum Gasteiger partial charge on any atom is -1.00 e. The molecule has 2 saturated heterocycles. The van der Waals surface area contributed by atoms with Gasteiger partial charge >= 0.3 is 205 Å². The van der Waals surface area contributed by atoms with Gasteiger partial charge in [-0.05, 0) is 0 Å². The predicted molar refractivity (Wildman–Crippen MR) is 139 cm³/mol. The SMILES string of the molecule is CCCC[Si]1(C2=[C]([Ti+2][C]3=C([Si]4(CCCC)CCC4)CC=C3CC)C(CC)=CC2)CCC1.[Cl-].[Cl-]. The Balaban J connectivity index is 0.00000193. The largest absolute Gasteiger partial charge is 1.00 e. The normalized spacial score (nSPS) is 22.5. The summed E-state index contributed by atoms with van der Waals surface area (Å²) in [6.07, 6.45) is 19.5. The third-order valence-corrected chi connectivity index (χ3v) is 24.1. The topological polar surface area (TPSA) is 0 Å². The van der Waals surface area contributed by atoms with Crippen LogP contribution in [-0.2, 0) is 19.2 Å². The Morgan fingerprint density at radius 1 is 0.667 bits per heavy atom. The second kappa shape index (κ2) is 13.3. The standard InChI is InChI=1S/2C14H23Si.2ClH.Ti/c2*1-3-5-9-15(10-6-11-15)14-8-7-13(4-2)12-14;;;/h2*7H,3-6,8-11H2,1-2H3;2*1H;/q;;;;+2/p-2. The average molecular weight is 558 g/mol. The van der Waals surface area contributed by atoms with Crippen LogP contribution in [-0.4, -0.2) is 16.1 Å². The average Bonchev–Trinajstić information content (AvgIpc) is 3.32. The molecule has 2 aliphatic carbocycles. The maximum absolute atomic E-state index is 2.70. The molecule has 5 heteroatoms. The number of unbranched alkanes of at least 4 members (excludes halogenated alkanes) is 2. The summed E-state index contributed by atoms with van der Waals surface area (Å²) >= 11 is -0.149. The van der Waals surface area contributed by atoms with Crippen molar-refractivity contribution in [3.8, 4) is 0 Å². The van der Waals surface area contributed by atoms with E-state index in [9.17, 15) is 0 Å². The molecular weight excluding hydrogens is 511 g/mol. The first-order valence-corrected chi connectivity index (χ1v) is 20.6. The number of halogens is 2. The molecule has 33 heavy (non-hydrogen) atoms. The summed E-state index contributed by atoms with van der Waals surface area (Å²) in [6, 6.07) is 9.72. The van der Waals surface area contributed by atoms with Crippen LogP contribution in [0.25, 0.3) is 0 Å². The van der Waals surface area contributed by atoms with Crippen molar-refractivity contribution in [3.05, 3.63) is 41.4 Å². The second-order valence-electron chi connectivity index (χ2n) is 10.9. The fourth-order valence-corrected chi connectivity index (χ4v) is 22.2. The molecule has 0 aromatic heterocycles. The van der Waals surface area contributed by atoms with Gasteiger partial charge in [0.15, 0.2) is 0 Å². The maximum Gasteiger partial charge on any atom is -1.00 e. The Labute approximate surface area is 228 Å². The molecule has 2 fully saturated rings. The zero-order chi connectivity index (χ0) is 21.9. The molecule has 2 heterocycles. The fourth-order valence-electron chi connectivity index (χ4n) is 6.93. The molecule has 0 amide bonds. The Bertz CT molecular complexity index is 735. The number of rotatable bonds is 12. The summed E-state index contributed by atoms with van der Waals surface area (Å²) < 4.78 is 4.02. The van der Waals surface area contributed by atoms with Gasteiger partial charge in [0.05, 0.1) is 0 Å². The van der Waals surface area contributed by atoms with E-state index in [2.05, 4.69) is 50.2 Å². The molecule has 2 aliphatic heterocycles. The van der Waals surface area contributed by atoms with Gasteiger partial charge in [0.2, 0.25) is 0 Å². The summed E-state index contributed by atoms with van der Waals surface area (Å²) in [7, 11) is -2.22. The third kappa shape index (κ3) is 5.83. The van der Waals surface area contributed by atoms with Crippen LogP contribution >= 0.6 is 0 Å². The van der Waals surface area contributed by atoms with Gasteiger partial charge in [0.25, 0.3) is 0 Å². The first kappa shape index (κ1) is 29.9. The van der Waals surface area contributed by atoms with Crippen LogP contribution < -0.4 is 24.8 Å². The van der Waals surface area contributed by atoms with Crippen molar-refractivity contribution in [2.24, 2.45) is 0 Å². The fraction of sp³-hybridized carbons (Fsp3) is 0.714. The molecule has 0 atom stereocenters. The number of allylic oxidation sites excluding steroid dienone is 8. The molecule has 0 spiro atoms. The Morgan fingerprint density at radius 2 is 1.06 bits per heavy atom. The van der Waals surface area contributed by atoms with Gasteiger partial charge in [-0.15, -0.1) is 0 Å². The van der Waals surface area contributed by atoms with Crippen LogP contribution in [0.5, 0.6) is 0 Å². The number of hydrogen-bond acceptors (Lipinski definition) is 0. The molecule has 4 rings (SSSR count). The minimum absolute atomic E-state index is 0. The van der Waals surface area contributed by atoms with Crippen molar-refractivity contribution in [2.45, 2.75) is 128 Å². The third-order valence-electron chi connectivity index (χ3n) is 9.28. The van der Waals surface area contributed by atoms with Crippen LogP contribution in [0.15, 0.2) is 41.4 Å². The zero-order valence-electron chi connectivity index (χ0n) is 21.7. The molecule has 184 valence electrons. The summed E-state index contributed by atoms with van der Waals surface area (Å²) in [5.74, 6) is 0. The second-order valence-corrected chi connectivity index (χ2v) is 22.2. The van der Waals surface area contributed by atoms with E-state index < -0.39 is 16.1 Å². The first-order chi connectivity index (χ1) is 15.1. The van der Waals surface area contributed by atoms with Crippen molar-refractivity contribution in [3.63, 3.8) is 0 Å². The van der Waals surface area contributed by atoms with Crippen LogP contribution in [0.1, 0.15) is 91.9 Å². The van der Waals surface area contributed by atoms with Gasteiger partial charge in [0.1, 0.15) is 0 Å². The van der Waals surface area contributed by atoms with E-state index in [1.54, 1.807) is 47.4 Å². The van der Waals surface area contributed by atoms with Crippen LogP contribution in [0.3, 0.4) is 0 Å². The van der Waals surface area contributed by atoms with Crippen LogP contribution in [0, 0.1) is 0 Å². The van der Waals surface area contributed by atoms with Gasteiger partial charge in [-0.2, -0.15) is 0 Å². The van der Waals surface area contributed by atoms with E-state index in [1.165, 1.54) is 64.2 Å². The van der Waals surface area contributed by atoms with Gasteiger partial charge < -0.3 is 24.8 Å². The van der Waals surface area contributed by atoms with Crippen molar-refractivity contribution >= 4 is 16.1 Å². The van der Waals surface area contributed by atoms with Crippen LogP contribution in [0.4, 0.5) is 0 Å². The Kier molecular flexibility index (Phi) is 12.1. The molecular formula is C28H46Cl2Si2Ti. The summed E-state index contributed by atoms with van der Waals surface area (Å²) in [5, 5.41) is 4.19. The summed E-state index contributed by atoms with van der Waals surface area (Å²) in [5.41, 5.74) is 3.61. The van der Waals surface area contributed by atoms with Gasteiger partial charge in [-0.3, -0.25) is 0 Å². The summed E-state index contributed by atoms with van der Waals surface area (Å²) in [4.78, 5) is 0. The molecule has 0 nitrogen and oxygen atoms in total. The zero-order valence-corrected chi connectivity index (χ0v) is 26.8. The number of hydrogen-bond donors (Lipinski definition) is 0. The molecule has 4 aliphatic rings. The van der Waals surface area contributed by atoms with Gasteiger partial charge in [-0.1, -0.05) is 0 Å². The molecule has 0 saturated carbocycles. The smallest absolute Gasteiger partial charge is 1.00 e. The first-order valence-electron chi connectivity index (χ1n) is 13.8. The van der Waals surface area contributed by atoms with Crippen molar-refractivity contribution < 1.29 is 44.0 Å². The molecule has 0 aromatic carbocycles. The van der Waals surface area contributed by atoms with E-state index in [4.69, 9.17) is 0 Å². The Morgan fingerprint density at radius 3 is 1.33 bits per heavy atom. The van der Waals surface area contributed by atoms with Gasteiger partial charge in [0, 0.05) is 0 Å². The molecule has 0 radical (unpaired) electrons. The van der Waals surface area contributed by atoms with E-state index >= 15 is 0 Å². The summed E-state index contributed by atoms with van der Waals surface area (Å²) in [6.45, 7) is 9.68. The van der Waals surface area contributed by atoms with Crippen LogP contribution in [0.2, 0.25) is 36.3 Å². The maximum atomic E-state index is 2.70. The van der Waals surface area contributed by atoms with E-state index in [0.29, 0.717) is 0 Å². The van der Waals surface area contributed by atoms with Crippen molar-refractivity contribution in [2.75, 3.05) is 0 Å². The molecule has 0 bridgehead atoms. The van der Waals surface area contributed by atoms with Crippen molar-refractivity contribution in [1.29, 1.82) is 0 Å².